The van der Waals surface area contributed by atoms with E-state index in [1.54, 1.807) is 0 Å². The van der Waals surface area contributed by atoms with Crippen LogP contribution in [0.1, 0.15) is 55.6 Å². The molecule has 29 heavy (non-hydrogen) atoms. The van der Waals surface area contributed by atoms with Crippen molar-refractivity contribution in [2.75, 3.05) is 45.9 Å². The Kier molecular flexibility index (Phi) is 9.21. The van der Waals surface area contributed by atoms with E-state index in [1.165, 1.54) is 41.3 Å². The number of thiazole rings is 1. The monoisotopic (exact) mass is 421 g/mol. The van der Waals surface area contributed by atoms with E-state index >= 15 is 0 Å². The maximum atomic E-state index is 5.93. The van der Waals surface area contributed by atoms with Gasteiger partial charge in [0.15, 0.2) is 5.96 Å². The summed E-state index contributed by atoms with van der Waals surface area (Å²) in [6, 6.07) is 0. The molecule has 2 N–H and O–H groups in total. The fourth-order valence-corrected chi connectivity index (χ4v) is 5.27. The van der Waals surface area contributed by atoms with Gasteiger partial charge in [-0.3, -0.25) is 9.89 Å². The number of hydrogen-bond donors (Lipinski definition) is 2. The van der Waals surface area contributed by atoms with E-state index in [2.05, 4.69) is 36.3 Å². The van der Waals surface area contributed by atoms with Gasteiger partial charge < -0.3 is 15.4 Å². The van der Waals surface area contributed by atoms with Crippen LogP contribution in [-0.4, -0.2) is 67.8 Å². The van der Waals surface area contributed by atoms with E-state index in [4.69, 9.17) is 14.7 Å². The third-order valence-corrected chi connectivity index (χ3v) is 6.61. The largest absolute Gasteiger partial charge is 0.374 e. The third-order valence-electron chi connectivity index (χ3n) is 5.39. The van der Waals surface area contributed by atoms with Crippen LogP contribution in [0.3, 0.4) is 0 Å². The minimum Gasteiger partial charge on any atom is -0.374 e. The van der Waals surface area contributed by atoms with Crippen LogP contribution in [0.15, 0.2) is 4.99 Å². The first-order chi connectivity index (χ1) is 14.1. The lowest BCUT2D eigenvalue weighted by atomic mass is 10.0. The van der Waals surface area contributed by atoms with E-state index < -0.39 is 0 Å². The van der Waals surface area contributed by atoms with E-state index in [1.807, 2.05) is 11.3 Å². The van der Waals surface area contributed by atoms with Gasteiger partial charge in [-0.15, -0.1) is 11.3 Å². The second-order valence-corrected chi connectivity index (χ2v) is 9.75. The summed E-state index contributed by atoms with van der Waals surface area (Å²) in [7, 11) is 0. The molecule has 1 aromatic heterocycles. The first-order valence-electron chi connectivity index (χ1n) is 11.5. The first-order valence-corrected chi connectivity index (χ1v) is 12.3. The quantitative estimate of drug-likeness (QED) is 0.365. The molecule has 1 aromatic rings. The molecule has 3 rings (SSSR count). The topological polar surface area (TPSA) is 61.8 Å². The molecule has 0 radical (unpaired) electrons. The van der Waals surface area contributed by atoms with Gasteiger partial charge in [0, 0.05) is 44.0 Å². The van der Waals surface area contributed by atoms with Crippen LogP contribution >= 0.6 is 11.3 Å². The van der Waals surface area contributed by atoms with Gasteiger partial charge in [0.05, 0.1) is 30.0 Å². The summed E-state index contributed by atoms with van der Waals surface area (Å²) >= 11 is 1.93. The van der Waals surface area contributed by atoms with E-state index in [0.717, 1.165) is 58.1 Å². The van der Waals surface area contributed by atoms with Crippen LogP contribution in [-0.2, 0) is 24.0 Å². The van der Waals surface area contributed by atoms with Crippen molar-refractivity contribution in [3.63, 3.8) is 0 Å². The molecule has 1 fully saturated rings. The number of morpholine rings is 1. The Labute approximate surface area is 180 Å². The fraction of sp³-hybridized carbons (Fsp3) is 0.818. The number of rotatable bonds is 9. The highest BCUT2D eigenvalue weighted by Gasteiger charge is 2.20. The Hall–Kier alpha value is -1.18. The molecule has 0 spiro atoms. The van der Waals surface area contributed by atoms with Crippen molar-refractivity contribution in [2.45, 2.75) is 65.4 Å². The van der Waals surface area contributed by atoms with E-state index in [9.17, 15) is 0 Å². The summed E-state index contributed by atoms with van der Waals surface area (Å²) < 4.78 is 5.93. The number of aliphatic imine (C=N–C) groups is 1. The molecule has 1 unspecified atom stereocenters. The zero-order chi connectivity index (χ0) is 20.5. The standard InChI is InChI=1S/C22H39N5OS/c1-4-23-22(25-14-18-16-27(12-13-28-18)15-17(2)3)24-11-7-10-21-26-19-8-5-6-9-20(19)29-21/h17-18H,4-16H2,1-3H3,(H2,23,24,25). The number of nitrogens with zero attached hydrogens (tertiary/aromatic N) is 3. The molecule has 164 valence electrons. The summed E-state index contributed by atoms with van der Waals surface area (Å²) in [6.45, 7) is 13.1. The first kappa shape index (κ1) is 22.5. The number of hydrogen-bond acceptors (Lipinski definition) is 5. The van der Waals surface area contributed by atoms with Crippen LogP contribution in [0, 0.1) is 5.92 Å². The Morgan fingerprint density at radius 1 is 1.31 bits per heavy atom. The van der Waals surface area contributed by atoms with Gasteiger partial charge in [0.2, 0.25) is 0 Å². The zero-order valence-corrected chi connectivity index (χ0v) is 19.3. The van der Waals surface area contributed by atoms with Crippen molar-refractivity contribution in [1.29, 1.82) is 0 Å². The van der Waals surface area contributed by atoms with Crippen molar-refractivity contribution < 1.29 is 4.74 Å². The normalized spacial score (nSPS) is 20.7. The molecular weight excluding hydrogens is 382 g/mol. The van der Waals surface area contributed by atoms with Crippen molar-refractivity contribution in [3.8, 4) is 0 Å². The summed E-state index contributed by atoms with van der Waals surface area (Å²) in [6.07, 6.45) is 7.39. The highest BCUT2D eigenvalue weighted by Crippen LogP contribution is 2.27. The molecule has 1 atom stereocenters. The summed E-state index contributed by atoms with van der Waals surface area (Å²) in [5.41, 5.74) is 1.37. The molecule has 6 nitrogen and oxygen atoms in total. The van der Waals surface area contributed by atoms with Crippen LogP contribution < -0.4 is 10.6 Å². The van der Waals surface area contributed by atoms with Gasteiger partial charge >= 0.3 is 0 Å². The third kappa shape index (κ3) is 7.54. The van der Waals surface area contributed by atoms with Gasteiger partial charge in [-0.25, -0.2) is 4.98 Å². The summed E-state index contributed by atoms with van der Waals surface area (Å²) in [5.74, 6) is 1.59. The number of fused-ring (bicyclic) bond motifs is 1. The van der Waals surface area contributed by atoms with Gasteiger partial charge in [0.1, 0.15) is 0 Å². The number of nitrogens with one attached hydrogen (secondary N) is 2. The van der Waals surface area contributed by atoms with Gasteiger partial charge in [-0.05, 0) is 44.9 Å². The molecule has 0 amide bonds. The molecule has 0 saturated carbocycles. The molecule has 1 saturated heterocycles. The minimum absolute atomic E-state index is 0.194. The smallest absolute Gasteiger partial charge is 0.191 e. The molecule has 7 heteroatoms. The Balaban J connectivity index is 1.40. The predicted octanol–water partition coefficient (Wildman–Crippen LogP) is 2.87. The maximum Gasteiger partial charge on any atom is 0.191 e. The molecule has 1 aliphatic heterocycles. The number of aromatic nitrogens is 1. The minimum atomic E-state index is 0.194. The summed E-state index contributed by atoms with van der Waals surface area (Å²) in [5, 5.41) is 8.15. The van der Waals surface area contributed by atoms with Gasteiger partial charge in [-0.1, -0.05) is 13.8 Å². The van der Waals surface area contributed by atoms with Gasteiger partial charge in [0.25, 0.3) is 0 Å². The van der Waals surface area contributed by atoms with Crippen LogP contribution in [0.25, 0.3) is 0 Å². The Morgan fingerprint density at radius 2 is 2.17 bits per heavy atom. The van der Waals surface area contributed by atoms with Crippen LogP contribution in [0.4, 0.5) is 0 Å². The average molecular weight is 422 g/mol. The molecule has 0 bridgehead atoms. The van der Waals surface area contributed by atoms with Crippen LogP contribution in [0.2, 0.25) is 0 Å². The highest BCUT2D eigenvalue weighted by atomic mass is 32.1. The lowest BCUT2D eigenvalue weighted by molar-refractivity contribution is -0.0261. The molecule has 1 aliphatic carbocycles. The van der Waals surface area contributed by atoms with Crippen molar-refractivity contribution in [1.82, 2.24) is 20.5 Å². The lowest BCUT2D eigenvalue weighted by Gasteiger charge is -2.33. The lowest BCUT2D eigenvalue weighted by Crippen LogP contribution is -2.46. The maximum absolute atomic E-state index is 5.93. The van der Waals surface area contributed by atoms with Crippen molar-refractivity contribution in [2.24, 2.45) is 10.9 Å². The van der Waals surface area contributed by atoms with E-state index in [-0.39, 0.29) is 6.10 Å². The Morgan fingerprint density at radius 3 is 2.97 bits per heavy atom. The van der Waals surface area contributed by atoms with Crippen molar-refractivity contribution in [3.05, 3.63) is 15.6 Å². The summed E-state index contributed by atoms with van der Waals surface area (Å²) in [4.78, 5) is 13.7. The average Bonchev–Trinajstić information content (AvgIpc) is 3.12. The SMILES string of the molecule is CCNC(=NCC1CN(CC(C)C)CCO1)NCCCc1nc2c(s1)CCCC2. The molecule has 0 aromatic carbocycles. The molecule has 2 heterocycles. The van der Waals surface area contributed by atoms with Crippen molar-refractivity contribution >= 4 is 17.3 Å². The second kappa shape index (κ2) is 11.9. The predicted molar refractivity (Wildman–Crippen MR) is 122 cm³/mol. The van der Waals surface area contributed by atoms with E-state index in [0.29, 0.717) is 12.5 Å². The molecule has 2 aliphatic rings. The second-order valence-electron chi connectivity index (χ2n) is 8.58. The van der Waals surface area contributed by atoms with Gasteiger partial charge in [-0.2, -0.15) is 0 Å². The number of aryl methyl sites for hydroxylation is 3. The number of guanidine groups is 1. The fourth-order valence-electron chi connectivity index (χ4n) is 4.07. The molecular formula is C22H39N5OS. The van der Waals surface area contributed by atoms with Crippen LogP contribution in [0.5, 0.6) is 0 Å². The number of ether oxygens (including phenoxy) is 1. The Bertz CT molecular complexity index is 622. The highest BCUT2D eigenvalue weighted by molar-refractivity contribution is 7.11. The zero-order valence-electron chi connectivity index (χ0n) is 18.5.